The monoisotopic (exact) mass is 454 g/mol. The van der Waals surface area contributed by atoms with Crippen molar-refractivity contribution in [3.05, 3.63) is 108 Å². The standard InChI is InChI=1S/C27H22N2O3S/c1-18-14-19(2)25-24(15-18)28-27(33-25)29(17-23-12-7-13-31-23)26(30)20-8-6-11-22(16-20)32-21-9-4-3-5-10-21/h3-16H,17H2,1-2H3. The largest absolute Gasteiger partial charge is 0.467 e. The molecule has 0 bridgehead atoms. The fourth-order valence-corrected chi connectivity index (χ4v) is 4.75. The average molecular weight is 455 g/mol. The Hall–Kier alpha value is -3.90. The summed E-state index contributed by atoms with van der Waals surface area (Å²) in [6.07, 6.45) is 1.61. The Kier molecular flexibility index (Phi) is 5.67. The van der Waals surface area contributed by atoms with E-state index in [-0.39, 0.29) is 12.5 Å². The number of furan rings is 1. The molecule has 33 heavy (non-hydrogen) atoms. The van der Waals surface area contributed by atoms with Gasteiger partial charge in [-0.2, -0.15) is 0 Å². The third-order valence-corrected chi connectivity index (χ3v) is 6.47. The molecular formula is C27H22N2O3S. The molecule has 6 heteroatoms. The summed E-state index contributed by atoms with van der Waals surface area (Å²) in [7, 11) is 0. The number of aryl methyl sites for hydroxylation is 2. The molecule has 0 aliphatic heterocycles. The molecule has 5 aromatic rings. The normalized spacial score (nSPS) is 11.0. The van der Waals surface area contributed by atoms with Gasteiger partial charge in [0.2, 0.25) is 0 Å². The van der Waals surface area contributed by atoms with Crippen LogP contribution in [0.4, 0.5) is 5.13 Å². The van der Waals surface area contributed by atoms with E-state index in [4.69, 9.17) is 14.1 Å². The molecule has 164 valence electrons. The van der Waals surface area contributed by atoms with Crippen LogP contribution in [0.15, 0.2) is 89.5 Å². The highest BCUT2D eigenvalue weighted by atomic mass is 32.1. The number of carbonyl (C=O) groups excluding carboxylic acids is 1. The zero-order valence-electron chi connectivity index (χ0n) is 18.3. The van der Waals surface area contributed by atoms with Crippen molar-refractivity contribution in [1.82, 2.24) is 4.98 Å². The minimum Gasteiger partial charge on any atom is -0.467 e. The number of hydrogen-bond donors (Lipinski definition) is 0. The van der Waals surface area contributed by atoms with Gasteiger partial charge < -0.3 is 9.15 Å². The fourth-order valence-electron chi connectivity index (χ4n) is 3.74. The summed E-state index contributed by atoms with van der Waals surface area (Å²) in [5, 5.41) is 0.634. The van der Waals surface area contributed by atoms with E-state index in [2.05, 4.69) is 19.9 Å². The number of anilines is 1. The minimum absolute atomic E-state index is 0.168. The van der Waals surface area contributed by atoms with E-state index >= 15 is 0 Å². The fraction of sp³-hybridized carbons (Fsp3) is 0.111. The SMILES string of the molecule is Cc1cc(C)c2sc(N(Cc3ccco3)C(=O)c3cccc(Oc4ccccc4)c3)nc2c1. The number of carbonyl (C=O) groups is 1. The van der Waals surface area contributed by atoms with Crippen LogP contribution in [0.3, 0.4) is 0 Å². The van der Waals surface area contributed by atoms with Crippen LogP contribution in [0, 0.1) is 13.8 Å². The van der Waals surface area contributed by atoms with Gasteiger partial charge in [0, 0.05) is 5.56 Å². The Bertz CT molecular complexity index is 1410. The maximum atomic E-state index is 13.7. The number of para-hydroxylation sites is 1. The van der Waals surface area contributed by atoms with Crippen molar-refractivity contribution in [3.63, 3.8) is 0 Å². The number of fused-ring (bicyclic) bond motifs is 1. The molecule has 0 aliphatic rings. The van der Waals surface area contributed by atoms with Gasteiger partial charge in [0.05, 0.1) is 23.0 Å². The molecule has 0 atom stereocenters. The highest BCUT2D eigenvalue weighted by Gasteiger charge is 2.23. The summed E-state index contributed by atoms with van der Waals surface area (Å²) in [5.74, 6) is 1.83. The van der Waals surface area contributed by atoms with Gasteiger partial charge in [0.15, 0.2) is 5.13 Å². The summed E-state index contributed by atoms with van der Waals surface area (Å²) in [5.41, 5.74) is 3.71. The first kappa shape index (κ1) is 21.0. The first-order valence-corrected chi connectivity index (χ1v) is 11.4. The van der Waals surface area contributed by atoms with Crippen LogP contribution in [0.1, 0.15) is 27.2 Å². The molecular weight excluding hydrogens is 432 g/mol. The van der Waals surface area contributed by atoms with Crippen molar-refractivity contribution in [2.75, 3.05) is 4.90 Å². The van der Waals surface area contributed by atoms with Crippen molar-refractivity contribution >= 4 is 32.6 Å². The third-order valence-electron chi connectivity index (χ3n) is 5.24. The van der Waals surface area contributed by atoms with Gasteiger partial charge >= 0.3 is 0 Å². The molecule has 0 unspecified atom stereocenters. The van der Waals surface area contributed by atoms with Crippen LogP contribution in [-0.4, -0.2) is 10.9 Å². The van der Waals surface area contributed by atoms with E-state index in [0.29, 0.717) is 28.0 Å². The topological polar surface area (TPSA) is 55.6 Å². The number of thiazole rings is 1. The Morgan fingerprint density at radius 3 is 2.58 bits per heavy atom. The molecule has 0 aliphatic carbocycles. The summed E-state index contributed by atoms with van der Waals surface area (Å²) >= 11 is 1.51. The van der Waals surface area contributed by atoms with Crippen molar-refractivity contribution in [1.29, 1.82) is 0 Å². The third kappa shape index (κ3) is 4.52. The van der Waals surface area contributed by atoms with Crippen LogP contribution < -0.4 is 9.64 Å². The van der Waals surface area contributed by atoms with E-state index in [1.165, 1.54) is 11.3 Å². The molecule has 5 rings (SSSR count). The lowest BCUT2D eigenvalue weighted by Crippen LogP contribution is -2.30. The number of benzene rings is 3. The van der Waals surface area contributed by atoms with Gasteiger partial charge in [-0.3, -0.25) is 9.69 Å². The zero-order valence-corrected chi connectivity index (χ0v) is 19.1. The van der Waals surface area contributed by atoms with Crippen molar-refractivity contribution in [2.45, 2.75) is 20.4 Å². The number of hydrogen-bond acceptors (Lipinski definition) is 5. The molecule has 3 aromatic carbocycles. The Labute approximate surface area is 195 Å². The first-order valence-electron chi connectivity index (χ1n) is 10.6. The van der Waals surface area contributed by atoms with E-state index in [1.54, 1.807) is 23.3 Å². The molecule has 0 fully saturated rings. The first-order chi connectivity index (χ1) is 16.1. The lowest BCUT2D eigenvalue weighted by molar-refractivity contribution is 0.0983. The number of amides is 1. The zero-order chi connectivity index (χ0) is 22.8. The molecule has 0 saturated heterocycles. The summed E-state index contributed by atoms with van der Waals surface area (Å²) in [6.45, 7) is 4.41. The molecule has 0 spiro atoms. The second kappa shape index (κ2) is 8.92. The van der Waals surface area contributed by atoms with Crippen LogP contribution in [0.5, 0.6) is 11.5 Å². The summed E-state index contributed by atoms with van der Waals surface area (Å²) in [4.78, 5) is 20.2. The number of ether oxygens (including phenoxy) is 1. The van der Waals surface area contributed by atoms with E-state index in [1.807, 2.05) is 60.7 Å². The number of nitrogens with zero attached hydrogens (tertiary/aromatic N) is 2. The maximum Gasteiger partial charge on any atom is 0.260 e. The van der Waals surface area contributed by atoms with Crippen molar-refractivity contribution in [3.8, 4) is 11.5 Å². The van der Waals surface area contributed by atoms with E-state index < -0.39 is 0 Å². The highest BCUT2D eigenvalue weighted by molar-refractivity contribution is 7.22. The van der Waals surface area contributed by atoms with E-state index in [0.717, 1.165) is 21.3 Å². The van der Waals surface area contributed by atoms with Crippen LogP contribution in [0.25, 0.3) is 10.2 Å². The lowest BCUT2D eigenvalue weighted by atomic mass is 10.1. The lowest BCUT2D eigenvalue weighted by Gasteiger charge is -2.19. The van der Waals surface area contributed by atoms with Crippen molar-refractivity contribution < 1.29 is 13.9 Å². The molecule has 2 aromatic heterocycles. The molecule has 0 radical (unpaired) electrons. The molecule has 0 N–H and O–H groups in total. The predicted molar refractivity (Wildman–Crippen MR) is 131 cm³/mol. The van der Waals surface area contributed by atoms with E-state index in [9.17, 15) is 4.79 Å². The number of aromatic nitrogens is 1. The molecule has 0 saturated carbocycles. The van der Waals surface area contributed by atoms with Gasteiger partial charge in [0.25, 0.3) is 5.91 Å². The predicted octanol–water partition coefficient (Wildman–Crippen LogP) is 7.15. The van der Waals surface area contributed by atoms with Gasteiger partial charge in [-0.05, 0) is 73.5 Å². The van der Waals surface area contributed by atoms with Crippen LogP contribution >= 0.6 is 11.3 Å². The quantitative estimate of drug-likeness (QED) is 0.273. The molecule has 1 amide bonds. The summed E-state index contributed by atoms with van der Waals surface area (Å²) in [6, 6.07) is 24.6. The van der Waals surface area contributed by atoms with Crippen molar-refractivity contribution in [2.24, 2.45) is 0 Å². The Morgan fingerprint density at radius 1 is 0.970 bits per heavy atom. The second-order valence-corrected chi connectivity index (χ2v) is 8.82. The smallest absolute Gasteiger partial charge is 0.260 e. The van der Waals surface area contributed by atoms with Gasteiger partial charge in [-0.1, -0.05) is 41.7 Å². The Morgan fingerprint density at radius 2 is 1.79 bits per heavy atom. The van der Waals surface area contributed by atoms with Crippen LogP contribution in [0.2, 0.25) is 0 Å². The maximum absolute atomic E-state index is 13.7. The second-order valence-electron chi connectivity index (χ2n) is 7.84. The van der Waals surface area contributed by atoms with Crippen LogP contribution in [-0.2, 0) is 6.54 Å². The van der Waals surface area contributed by atoms with Gasteiger partial charge in [-0.25, -0.2) is 4.98 Å². The summed E-state index contributed by atoms with van der Waals surface area (Å²) < 4.78 is 12.6. The molecule has 5 nitrogen and oxygen atoms in total. The highest BCUT2D eigenvalue weighted by Crippen LogP contribution is 2.34. The van der Waals surface area contributed by atoms with Gasteiger partial charge in [0.1, 0.15) is 17.3 Å². The Balaban J connectivity index is 1.51. The minimum atomic E-state index is -0.168. The van der Waals surface area contributed by atoms with Gasteiger partial charge in [-0.15, -0.1) is 0 Å². The number of rotatable bonds is 6. The molecule has 2 heterocycles. The average Bonchev–Trinajstić information content (AvgIpc) is 3.48.